The van der Waals surface area contributed by atoms with Gasteiger partial charge in [-0.05, 0) is 35.2 Å². The Morgan fingerprint density at radius 3 is 2.35 bits per heavy atom. The number of sulfonamides is 1. The molecule has 26 heavy (non-hydrogen) atoms. The zero-order valence-corrected chi connectivity index (χ0v) is 16.5. The van der Waals surface area contributed by atoms with Gasteiger partial charge in [-0.15, -0.1) is 0 Å². The first-order valence-electron chi connectivity index (χ1n) is 8.46. The lowest BCUT2D eigenvalue weighted by molar-refractivity contribution is -0.130. The number of carbonyl (C=O) groups is 1. The van der Waals surface area contributed by atoms with Crippen LogP contribution in [0.1, 0.15) is 38.5 Å². The minimum atomic E-state index is -3.63. The first-order chi connectivity index (χ1) is 12.1. The van der Waals surface area contributed by atoms with Gasteiger partial charge in [0, 0.05) is 20.0 Å². The van der Waals surface area contributed by atoms with Crippen LogP contribution in [-0.2, 0) is 26.8 Å². The molecule has 2 aromatic rings. The number of nitrogens with zero attached hydrogens (tertiary/aromatic N) is 1. The second-order valence-electron chi connectivity index (χ2n) is 7.25. The van der Waals surface area contributed by atoms with E-state index < -0.39 is 10.0 Å². The Bertz CT molecular complexity index is 819. The maximum Gasteiger partial charge on any atom is 0.240 e. The van der Waals surface area contributed by atoms with Gasteiger partial charge in [0.1, 0.15) is 5.76 Å². The number of nitrogens with one attached hydrogen (secondary N) is 1. The molecule has 0 saturated carbocycles. The maximum atomic E-state index is 12.3. The number of amides is 1. The summed E-state index contributed by atoms with van der Waals surface area (Å²) in [6, 6.07) is 10.4. The van der Waals surface area contributed by atoms with Crippen molar-refractivity contribution in [3.8, 4) is 0 Å². The summed E-state index contributed by atoms with van der Waals surface area (Å²) in [4.78, 5) is 13.8. The molecular formula is C19H26N2O4S. The predicted molar refractivity (Wildman–Crippen MR) is 100 cm³/mol. The standard InChI is InChI=1S/C19H26N2O4S/c1-19(2,3)15-7-9-17(10-8-15)26(23,24)20-12-11-18(22)21(4)14-16-6-5-13-25-16/h5-10,13,20H,11-12,14H2,1-4H3. The van der Waals surface area contributed by atoms with E-state index in [0.29, 0.717) is 12.3 Å². The fourth-order valence-electron chi connectivity index (χ4n) is 2.43. The summed E-state index contributed by atoms with van der Waals surface area (Å²) in [5.41, 5.74) is 1.02. The van der Waals surface area contributed by atoms with Crippen LogP contribution in [0.2, 0.25) is 0 Å². The lowest BCUT2D eigenvalue weighted by Gasteiger charge is -2.19. The van der Waals surface area contributed by atoms with Crippen LogP contribution < -0.4 is 4.72 Å². The van der Waals surface area contributed by atoms with Crippen LogP contribution in [0.4, 0.5) is 0 Å². The van der Waals surface area contributed by atoms with Crippen LogP contribution >= 0.6 is 0 Å². The number of benzene rings is 1. The Labute approximate surface area is 155 Å². The summed E-state index contributed by atoms with van der Waals surface area (Å²) < 4.78 is 32.4. The quantitative estimate of drug-likeness (QED) is 0.803. The van der Waals surface area contributed by atoms with Gasteiger partial charge in [-0.1, -0.05) is 32.9 Å². The monoisotopic (exact) mass is 378 g/mol. The summed E-state index contributed by atoms with van der Waals surface area (Å²) in [6.07, 6.45) is 1.63. The van der Waals surface area contributed by atoms with Gasteiger partial charge in [0.05, 0.1) is 17.7 Å². The summed E-state index contributed by atoms with van der Waals surface area (Å²) in [5, 5.41) is 0. The van der Waals surface area contributed by atoms with Crippen LogP contribution in [0.5, 0.6) is 0 Å². The average Bonchev–Trinajstić information content (AvgIpc) is 3.07. The molecule has 0 aliphatic carbocycles. The Balaban J connectivity index is 1.88. The van der Waals surface area contributed by atoms with Crippen molar-refractivity contribution in [2.75, 3.05) is 13.6 Å². The van der Waals surface area contributed by atoms with E-state index in [1.807, 2.05) is 12.1 Å². The molecule has 0 bridgehead atoms. The molecule has 0 aliphatic rings. The molecule has 0 spiro atoms. The molecule has 1 aromatic heterocycles. The van der Waals surface area contributed by atoms with Gasteiger partial charge in [-0.2, -0.15) is 0 Å². The first kappa shape index (κ1) is 20.2. The second-order valence-corrected chi connectivity index (χ2v) is 9.02. The topological polar surface area (TPSA) is 79.6 Å². The largest absolute Gasteiger partial charge is 0.467 e. The Kier molecular flexibility index (Phi) is 6.26. The van der Waals surface area contributed by atoms with Gasteiger partial charge in [0.2, 0.25) is 15.9 Å². The highest BCUT2D eigenvalue weighted by Gasteiger charge is 2.18. The van der Waals surface area contributed by atoms with E-state index >= 15 is 0 Å². The van der Waals surface area contributed by atoms with Crippen molar-refractivity contribution in [3.05, 3.63) is 54.0 Å². The van der Waals surface area contributed by atoms with E-state index in [1.165, 1.54) is 4.90 Å². The number of furan rings is 1. The van der Waals surface area contributed by atoms with Crippen LogP contribution in [-0.4, -0.2) is 32.8 Å². The van der Waals surface area contributed by atoms with Crippen molar-refractivity contribution in [1.82, 2.24) is 9.62 Å². The predicted octanol–water partition coefficient (Wildman–Crippen LogP) is 2.90. The SMILES string of the molecule is CN(Cc1ccco1)C(=O)CCNS(=O)(=O)c1ccc(C(C)(C)C)cc1. The fraction of sp³-hybridized carbons (Fsp3) is 0.421. The molecule has 142 valence electrons. The minimum Gasteiger partial charge on any atom is -0.467 e. The third kappa shape index (κ3) is 5.44. The van der Waals surface area contributed by atoms with Gasteiger partial charge in [0.25, 0.3) is 0 Å². The third-order valence-corrected chi connectivity index (χ3v) is 5.54. The molecule has 1 aromatic carbocycles. The van der Waals surface area contributed by atoms with Crippen molar-refractivity contribution in [2.45, 2.75) is 44.0 Å². The van der Waals surface area contributed by atoms with Gasteiger partial charge in [-0.3, -0.25) is 4.79 Å². The fourth-order valence-corrected chi connectivity index (χ4v) is 3.46. The van der Waals surface area contributed by atoms with Crippen LogP contribution in [0.15, 0.2) is 52.0 Å². The molecule has 6 nitrogen and oxygen atoms in total. The summed E-state index contributed by atoms with van der Waals surface area (Å²) in [5.74, 6) is 0.521. The molecule has 0 radical (unpaired) electrons. The van der Waals surface area contributed by atoms with Crippen molar-refractivity contribution in [2.24, 2.45) is 0 Å². The molecule has 0 saturated heterocycles. The van der Waals surface area contributed by atoms with Crippen molar-refractivity contribution in [3.63, 3.8) is 0 Å². The van der Waals surface area contributed by atoms with Crippen LogP contribution in [0, 0.1) is 0 Å². The smallest absolute Gasteiger partial charge is 0.240 e. The number of carbonyl (C=O) groups excluding carboxylic acids is 1. The first-order valence-corrected chi connectivity index (χ1v) is 9.94. The Morgan fingerprint density at radius 2 is 1.81 bits per heavy atom. The normalized spacial score (nSPS) is 12.2. The van der Waals surface area contributed by atoms with E-state index in [9.17, 15) is 13.2 Å². The van der Waals surface area contributed by atoms with Crippen molar-refractivity contribution >= 4 is 15.9 Å². The lowest BCUT2D eigenvalue weighted by Crippen LogP contribution is -2.31. The summed E-state index contributed by atoms with van der Waals surface area (Å²) in [7, 11) is -1.98. The number of hydrogen-bond donors (Lipinski definition) is 1. The van der Waals surface area contributed by atoms with E-state index in [2.05, 4.69) is 25.5 Å². The molecule has 0 atom stereocenters. The van der Waals surface area contributed by atoms with E-state index in [-0.39, 0.29) is 29.2 Å². The molecule has 7 heteroatoms. The molecule has 0 fully saturated rings. The summed E-state index contributed by atoms with van der Waals surface area (Å²) in [6.45, 7) is 6.61. The van der Waals surface area contributed by atoms with E-state index in [0.717, 1.165) is 5.56 Å². The van der Waals surface area contributed by atoms with Gasteiger partial charge >= 0.3 is 0 Å². The highest BCUT2D eigenvalue weighted by Crippen LogP contribution is 2.23. The molecule has 1 N–H and O–H groups in total. The second kappa shape index (κ2) is 8.05. The molecule has 2 rings (SSSR count). The van der Waals surface area contributed by atoms with Gasteiger partial charge in [0.15, 0.2) is 0 Å². The highest BCUT2D eigenvalue weighted by atomic mass is 32.2. The van der Waals surface area contributed by atoms with Gasteiger partial charge in [-0.25, -0.2) is 13.1 Å². The maximum absolute atomic E-state index is 12.3. The highest BCUT2D eigenvalue weighted by molar-refractivity contribution is 7.89. The van der Waals surface area contributed by atoms with Crippen LogP contribution in [0.25, 0.3) is 0 Å². The molecule has 0 unspecified atom stereocenters. The Morgan fingerprint density at radius 1 is 1.15 bits per heavy atom. The van der Waals surface area contributed by atoms with Crippen molar-refractivity contribution < 1.29 is 17.6 Å². The zero-order chi connectivity index (χ0) is 19.4. The Hall–Kier alpha value is -2.12. The zero-order valence-electron chi connectivity index (χ0n) is 15.7. The van der Waals surface area contributed by atoms with E-state index in [4.69, 9.17) is 4.42 Å². The average molecular weight is 378 g/mol. The number of hydrogen-bond acceptors (Lipinski definition) is 4. The third-order valence-electron chi connectivity index (χ3n) is 4.06. The number of rotatable bonds is 7. The van der Waals surface area contributed by atoms with Crippen molar-refractivity contribution in [1.29, 1.82) is 0 Å². The lowest BCUT2D eigenvalue weighted by atomic mass is 9.87. The van der Waals surface area contributed by atoms with Crippen LogP contribution in [0.3, 0.4) is 0 Å². The molecular weight excluding hydrogens is 352 g/mol. The molecule has 0 aliphatic heterocycles. The molecule has 1 heterocycles. The molecule has 1 amide bonds. The van der Waals surface area contributed by atoms with Gasteiger partial charge < -0.3 is 9.32 Å². The summed E-state index contributed by atoms with van der Waals surface area (Å²) >= 11 is 0. The minimum absolute atomic E-state index is 0.0410. The van der Waals surface area contributed by atoms with E-state index in [1.54, 1.807) is 37.6 Å².